The lowest BCUT2D eigenvalue weighted by molar-refractivity contribution is -0.125. The molecule has 2 aromatic carbocycles. The zero-order chi connectivity index (χ0) is 24.0. The van der Waals surface area contributed by atoms with Gasteiger partial charge in [-0.25, -0.2) is 4.79 Å². The van der Waals surface area contributed by atoms with E-state index in [9.17, 15) is 9.59 Å². The van der Waals surface area contributed by atoms with Gasteiger partial charge in [-0.15, -0.1) is 0 Å². The van der Waals surface area contributed by atoms with Crippen LogP contribution >= 0.6 is 23.2 Å². The highest BCUT2D eigenvalue weighted by atomic mass is 35.5. The number of halogens is 2. The molecule has 1 N–H and O–H groups in total. The number of anilines is 1. The topological polar surface area (TPSA) is 73.9 Å². The minimum Gasteiger partial charge on any atom is -0.490 e. The van der Waals surface area contributed by atoms with Crippen molar-refractivity contribution in [3.05, 3.63) is 57.6 Å². The summed E-state index contributed by atoms with van der Waals surface area (Å²) < 4.78 is 16.6. The summed E-state index contributed by atoms with van der Waals surface area (Å²) in [5, 5.41) is 3.91. The van der Waals surface area contributed by atoms with Gasteiger partial charge in [0.1, 0.15) is 11.3 Å². The number of hydrogen-bond acceptors (Lipinski definition) is 5. The molecule has 1 amide bonds. The smallest absolute Gasteiger partial charge is 0.341 e. The molecule has 0 unspecified atom stereocenters. The SMILES string of the molecule is CCOC(=O)c1cc(NC(=O)C2(c3ccc(Cl)cc3Cl)CCOCC2)ccc1O[C@H](C)CC. The summed E-state index contributed by atoms with van der Waals surface area (Å²) in [6.45, 7) is 6.76. The minimum atomic E-state index is -0.879. The van der Waals surface area contributed by atoms with E-state index in [0.717, 1.165) is 6.42 Å². The Labute approximate surface area is 204 Å². The average Bonchev–Trinajstić information content (AvgIpc) is 2.80. The van der Waals surface area contributed by atoms with E-state index >= 15 is 0 Å². The fraction of sp³-hybridized carbons (Fsp3) is 0.440. The maximum absolute atomic E-state index is 13.6. The predicted molar refractivity (Wildman–Crippen MR) is 130 cm³/mol. The normalized spacial score (nSPS) is 16.0. The molecule has 1 atom stereocenters. The number of amides is 1. The van der Waals surface area contributed by atoms with Crippen LogP contribution in [0.4, 0.5) is 5.69 Å². The van der Waals surface area contributed by atoms with E-state index in [-0.39, 0.29) is 24.2 Å². The van der Waals surface area contributed by atoms with Crippen molar-refractivity contribution in [2.75, 3.05) is 25.1 Å². The van der Waals surface area contributed by atoms with Crippen LogP contribution in [0.25, 0.3) is 0 Å². The molecule has 0 aromatic heterocycles. The molecular weight excluding hydrogens is 465 g/mol. The van der Waals surface area contributed by atoms with Gasteiger partial charge in [-0.3, -0.25) is 4.79 Å². The number of carbonyl (C=O) groups excluding carboxylic acids is 2. The highest BCUT2D eigenvalue weighted by Crippen LogP contribution is 2.41. The number of nitrogens with one attached hydrogen (secondary N) is 1. The summed E-state index contributed by atoms with van der Waals surface area (Å²) in [5.74, 6) is -0.309. The molecule has 0 saturated carbocycles. The van der Waals surface area contributed by atoms with Crippen molar-refractivity contribution < 1.29 is 23.8 Å². The van der Waals surface area contributed by atoms with Crippen LogP contribution in [-0.4, -0.2) is 37.8 Å². The van der Waals surface area contributed by atoms with Crippen LogP contribution in [0.5, 0.6) is 5.75 Å². The van der Waals surface area contributed by atoms with Crippen molar-refractivity contribution >= 4 is 40.8 Å². The van der Waals surface area contributed by atoms with Gasteiger partial charge in [0.2, 0.25) is 5.91 Å². The Bertz CT molecular complexity index is 1000. The molecule has 0 bridgehead atoms. The number of benzene rings is 2. The van der Waals surface area contributed by atoms with Crippen molar-refractivity contribution in [2.24, 2.45) is 0 Å². The molecule has 178 valence electrons. The highest BCUT2D eigenvalue weighted by Gasteiger charge is 2.43. The van der Waals surface area contributed by atoms with Crippen LogP contribution in [0.1, 0.15) is 56.0 Å². The summed E-state index contributed by atoms with van der Waals surface area (Å²) in [5.41, 5.74) is 0.559. The first-order chi connectivity index (χ1) is 15.8. The monoisotopic (exact) mass is 493 g/mol. The Morgan fingerprint density at radius 2 is 1.85 bits per heavy atom. The number of carbonyl (C=O) groups is 2. The lowest BCUT2D eigenvalue weighted by atomic mass is 9.73. The average molecular weight is 494 g/mol. The van der Waals surface area contributed by atoms with Crippen LogP contribution in [-0.2, 0) is 19.7 Å². The third kappa shape index (κ3) is 5.81. The van der Waals surface area contributed by atoms with Gasteiger partial charge in [0.05, 0.1) is 18.1 Å². The van der Waals surface area contributed by atoms with Crippen molar-refractivity contribution in [2.45, 2.75) is 51.6 Å². The Morgan fingerprint density at radius 3 is 2.48 bits per heavy atom. The summed E-state index contributed by atoms with van der Waals surface area (Å²) in [4.78, 5) is 26.2. The summed E-state index contributed by atoms with van der Waals surface area (Å²) in [6, 6.07) is 10.2. The Hall–Kier alpha value is -2.28. The van der Waals surface area contributed by atoms with E-state index in [1.165, 1.54) is 0 Å². The van der Waals surface area contributed by atoms with Crippen molar-refractivity contribution in [3.63, 3.8) is 0 Å². The maximum Gasteiger partial charge on any atom is 0.341 e. The van der Waals surface area contributed by atoms with Crippen LogP contribution in [0.15, 0.2) is 36.4 Å². The fourth-order valence-electron chi connectivity index (χ4n) is 3.85. The van der Waals surface area contributed by atoms with Gasteiger partial charge in [0.15, 0.2) is 0 Å². The Kier molecular flexibility index (Phi) is 8.63. The zero-order valence-corrected chi connectivity index (χ0v) is 20.6. The maximum atomic E-state index is 13.6. The van der Waals surface area contributed by atoms with Gasteiger partial charge >= 0.3 is 5.97 Å². The number of rotatable bonds is 8. The molecule has 1 saturated heterocycles. The standard InChI is InChI=1S/C25H29Cl2NO5/c1-4-16(3)33-22-9-7-18(15-19(22)23(29)32-5-2)28-24(30)25(10-12-31-13-11-25)20-8-6-17(26)14-21(20)27/h6-9,14-16H,4-5,10-13H2,1-3H3,(H,28,30)/t16-/m1/s1. The van der Waals surface area contributed by atoms with E-state index in [1.54, 1.807) is 43.3 Å². The number of ether oxygens (including phenoxy) is 3. The molecule has 8 heteroatoms. The molecule has 2 aromatic rings. The van der Waals surface area contributed by atoms with Crippen LogP contribution < -0.4 is 10.1 Å². The van der Waals surface area contributed by atoms with Gasteiger partial charge < -0.3 is 19.5 Å². The molecule has 1 heterocycles. The van der Waals surface area contributed by atoms with Gasteiger partial charge in [-0.2, -0.15) is 0 Å². The second-order valence-corrected chi connectivity index (χ2v) is 8.88. The summed E-state index contributed by atoms with van der Waals surface area (Å²) in [6.07, 6.45) is 1.66. The van der Waals surface area contributed by atoms with E-state index < -0.39 is 11.4 Å². The molecule has 0 spiro atoms. The predicted octanol–water partition coefficient (Wildman–Crippen LogP) is 6.03. The van der Waals surface area contributed by atoms with E-state index in [0.29, 0.717) is 53.1 Å². The quantitative estimate of drug-likeness (QED) is 0.454. The van der Waals surface area contributed by atoms with E-state index in [4.69, 9.17) is 37.4 Å². The minimum absolute atomic E-state index is 0.0730. The van der Waals surface area contributed by atoms with Crippen LogP contribution in [0.2, 0.25) is 10.0 Å². The highest BCUT2D eigenvalue weighted by molar-refractivity contribution is 6.35. The molecular formula is C25H29Cl2NO5. The lowest BCUT2D eigenvalue weighted by Crippen LogP contribution is -2.45. The lowest BCUT2D eigenvalue weighted by Gasteiger charge is -2.37. The van der Waals surface area contributed by atoms with E-state index in [1.807, 2.05) is 13.8 Å². The number of esters is 1. The molecule has 6 nitrogen and oxygen atoms in total. The van der Waals surface area contributed by atoms with Crippen molar-refractivity contribution in [3.8, 4) is 5.75 Å². The molecule has 0 radical (unpaired) electrons. The van der Waals surface area contributed by atoms with Gasteiger partial charge in [0.25, 0.3) is 0 Å². The molecule has 0 aliphatic carbocycles. The summed E-state index contributed by atoms with van der Waals surface area (Å²) >= 11 is 12.6. The Morgan fingerprint density at radius 1 is 1.12 bits per heavy atom. The second kappa shape index (κ2) is 11.2. The second-order valence-electron chi connectivity index (χ2n) is 8.04. The molecule has 1 aliphatic rings. The third-order valence-corrected chi connectivity index (χ3v) is 6.41. The molecule has 3 rings (SSSR count). The van der Waals surface area contributed by atoms with Crippen molar-refractivity contribution in [1.29, 1.82) is 0 Å². The summed E-state index contributed by atoms with van der Waals surface area (Å²) in [7, 11) is 0. The molecule has 1 aliphatic heterocycles. The largest absolute Gasteiger partial charge is 0.490 e. The van der Waals surface area contributed by atoms with Crippen LogP contribution in [0, 0.1) is 0 Å². The first-order valence-electron chi connectivity index (χ1n) is 11.1. The fourth-order valence-corrected chi connectivity index (χ4v) is 4.44. The van der Waals surface area contributed by atoms with Crippen molar-refractivity contribution in [1.82, 2.24) is 0 Å². The van der Waals surface area contributed by atoms with Gasteiger partial charge in [0, 0.05) is 28.9 Å². The number of hydrogen-bond donors (Lipinski definition) is 1. The van der Waals surface area contributed by atoms with Gasteiger partial charge in [-0.1, -0.05) is 36.2 Å². The van der Waals surface area contributed by atoms with E-state index in [2.05, 4.69) is 5.32 Å². The molecule has 33 heavy (non-hydrogen) atoms. The third-order valence-electron chi connectivity index (χ3n) is 5.86. The molecule has 1 fully saturated rings. The van der Waals surface area contributed by atoms with Crippen LogP contribution in [0.3, 0.4) is 0 Å². The Balaban J connectivity index is 1.95. The zero-order valence-electron chi connectivity index (χ0n) is 19.1. The van der Waals surface area contributed by atoms with Gasteiger partial charge in [-0.05, 0) is 69.0 Å². The first-order valence-corrected chi connectivity index (χ1v) is 11.9. The first kappa shape index (κ1) is 25.3.